The van der Waals surface area contributed by atoms with E-state index in [4.69, 9.17) is 4.52 Å². The van der Waals surface area contributed by atoms with Gasteiger partial charge < -0.3 is 9.84 Å². The van der Waals surface area contributed by atoms with E-state index in [0.717, 1.165) is 39.3 Å². The summed E-state index contributed by atoms with van der Waals surface area (Å²) in [4.78, 5) is 16.6. The predicted octanol–water partition coefficient (Wildman–Crippen LogP) is 1.92. The minimum absolute atomic E-state index is 0.254. The van der Waals surface area contributed by atoms with Crippen LogP contribution < -0.4 is 10.6 Å². The van der Waals surface area contributed by atoms with Gasteiger partial charge in [0.15, 0.2) is 5.82 Å². The van der Waals surface area contributed by atoms with Crippen molar-refractivity contribution >= 4 is 11.8 Å². The highest BCUT2D eigenvalue weighted by atomic mass is 16.5. The molecule has 0 radical (unpaired) electrons. The molecule has 0 atom stereocenters. The molecule has 7 nitrogen and oxygen atoms in total. The molecule has 2 N–H and O–H groups in total. The lowest BCUT2D eigenvalue weighted by atomic mass is 10.2. The summed E-state index contributed by atoms with van der Waals surface area (Å²) < 4.78 is 4.91. The quantitative estimate of drug-likeness (QED) is 0.838. The van der Waals surface area contributed by atoms with Gasteiger partial charge in [0.1, 0.15) is 5.76 Å². The van der Waals surface area contributed by atoms with Gasteiger partial charge in [-0.3, -0.25) is 15.1 Å². The first kappa shape index (κ1) is 17.4. The Kier molecular flexibility index (Phi) is 6.03. The van der Waals surface area contributed by atoms with Gasteiger partial charge in [-0.2, -0.15) is 0 Å². The maximum Gasteiger partial charge on any atom is 0.320 e. The molecule has 2 amide bonds. The molecule has 2 aromatic rings. The molecule has 3 rings (SSSR count). The van der Waals surface area contributed by atoms with Crippen LogP contribution in [0.1, 0.15) is 11.3 Å². The third kappa shape index (κ3) is 5.58. The number of hydrogen-bond acceptors (Lipinski definition) is 5. The Labute approximate surface area is 148 Å². The van der Waals surface area contributed by atoms with Gasteiger partial charge in [-0.15, -0.1) is 0 Å². The van der Waals surface area contributed by atoms with Crippen LogP contribution in [-0.2, 0) is 6.54 Å². The molecule has 1 aliphatic rings. The predicted molar refractivity (Wildman–Crippen MR) is 96.4 cm³/mol. The Hall–Kier alpha value is -2.38. The molecule has 1 aromatic carbocycles. The van der Waals surface area contributed by atoms with E-state index in [2.05, 4.69) is 49.9 Å². The fourth-order valence-corrected chi connectivity index (χ4v) is 2.93. The van der Waals surface area contributed by atoms with Crippen LogP contribution in [-0.4, -0.2) is 60.3 Å². The summed E-state index contributed by atoms with van der Waals surface area (Å²) >= 11 is 0. The number of nitrogens with one attached hydrogen (secondary N) is 2. The van der Waals surface area contributed by atoms with Crippen molar-refractivity contribution in [2.24, 2.45) is 0 Å². The van der Waals surface area contributed by atoms with Crippen molar-refractivity contribution in [3.8, 4) is 0 Å². The van der Waals surface area contributed by atoms with Crippen molar-refractivity contribution in [3.63, 3.8) is 0 Å². The normalized spacial score (nSPS) is 15.9. The van der Waals surface area contributed by atoms with Crippen LogP contribution in [0.2, 0.25) is 0 Å². The van der Waals surface area contributed by atoms with Gasteiger partial charge in [-0.05, 0) is 12.5 Å². The molecule has 25 heavy (non-hydrogen) atoms. The molecule has 0 unspecified atom stereocenters. The highest BCUT2D eigenvalue weighted by Gasteiger charge is 2.16. The van der Waals surface area contributed by atoms with Crippen molar-refractivity contribution in [2.45, 2.75) is 13.5 Å². The van der Waals surface area contributed by atoms with Crippen LogP contribution in [0.5, 0.6) is 0 Å². The number of aryl methyl sites for hydroxylation is 1. The molecular formula is C18H25N5O2. The van der Waals surface area contributed by atoms with Gasteiger partial charge >= 0.3 is 6.03 Å². The Morgan fingerprint density at radius 3 is 2.56 bits per heavy atom. The largest absolute Gasteiger partial charge is 0.360 e. The Balaban J connectivity index is 1.30. The average molecular weight is 343 g/mol. The van der Waals surface area contributed by atoms with Gasteiger partial charge in [0, 0.05) is 51.9 Å². The zero-order valence-electron chi connectivity index (χ0n) is 14.6. The second kappa shape index (κ2) is 8.64. The van der Waals surface area contributed by atoms with E-state index in [1.54, 1.807) is 13.0 Å². The van der Waals surface area contributed by atoms with Gasteiger partial charge in [-0.25, -0.2) is 4.79 Å². The standard InChI is InChI=1S/C18H25N5O2/c1-15-13-17(21-25-15)20-18(24)19-7-8-22-9-11-23(12-10-22)14-16-5-3-2-4-6-16/h2-6,13H,7-12,14H2,1H3,(H2,19,20,21,24). The zero-order valence-corrected chi connectivity index (χ0v) is 14.6. The van der Waals surface area contributed by atoms with Crippen molar-refractivity contribution < 1.29 is 9.32 Å². The number of carbonyl (C=O) groups excluding carboxylic acids is 1. The number of hydrogen-bond donors (Lipinski definition) is 2. The number of aromatic nitrogens is 1. The van der Waals surface area contributed by atoms with Crippen molar-refractivity contribution in [1.29, 1.82) is 0 Å². The third-order valence-electron chi connectivity index (χ3n) is 4.30. The number of anilines is 1. The first-order chi connectivity index (χ1) is 12.2. The van der Waals surface area contributed by atoms with Crippen molar-refractivity contribution in [2.75, 3.05) is 44.6 Å². The molecule has 7 heteroatoms. The summed E-state index contributed by atoms with van der Waals surface area (Å²) in [6, 6.07) is 12.0. The van der Waals surface area contributed by atoms with E-state index in [-0.39, 0.29) is 6.03 Å². The van der Waals surface area contributed by atoms with E-state index >= 15 is 0 Å². The van der Waals surface area contributed by atoms with Gasteiger partial charge in [-0.1, -0.05) is 35.5 Å². The summed E-state index contributed by atoms with van der Waals surface area (Å²) in [5, 5.41) is 9.24. The van der Waals surface area contributed by atoms with Crippen LogP contribution in [0.3, 0.4) is 0 Å². The number of benzene rings is 1. The van der Waals surface area contributed by atoms with E-state index in [0.29, 0.717) is 18.1 Å². The van der Waals surface area contributed by atoms with Crippen LogP contribution in [0.25, 0.3) is 0 Å². The second-order valence-electron chi connectivity index (χ2n) is 6.31. The molecule has 0 saturated carbocycles. The number of piperazine rings is 1. The number of amides is 2. The molecular weight excluding hydrogens is 318 g/mol. The smallest absolute Gasteiger partial charge is 0.320 e. The summed E-state index contributed by atoms with van der Waals surface area (Å²) in [7, 11) is 0. The third-order valence-corrected chi connectivity index (χ3v) is 4.30. The van der Waals surface area contributed by atoms with Crippen molar-refractivity contribution in [3.05, 3.63) is 47.7 Å². The van der Waals surface area contributed by atoms with Crippen LogP contribution in [0.15, 0.2) is 40.9 Å². The summed E-state index contributed by atoms with van der Waals surface area (Å²) in [6.45, 7) is 8.42. The molecule has 134 valence electrons. The van der Waals surface area contributed by atoms with Crippen LogP contribution in [0, 0.1) is 6.92 Å². The topological polar surface area (TPSA) is 73.6 Å². The fraction of sp³-hybridized carbons (Fsp3) is 0.444. The molecule has 1 aliphatic heterocycles. The van der Waals surface area contributed by atoms with Gasteiger partial charge in [0.05, 0.1) is 0 Å². The Morgan fingerprint density at radius 1 is 1.16 bits per heavy atom. The summed E-state index contributed by atoms with van der Waals surface area (Å²) in [5.41, 5.74) is 1.36. The maximum absolute atomic E-state index is 11.8. The molecule has 0 aliphatic carbocycles. The van der Waals surface area contributed by atoms with E-state index in [1.165, 1.54) is 5.56 Å². The van der Waals surface area contributed by atoms with Crippen LogP contribution >= 0.6 is 0 Å². The lowest BCUT2D eigenvalue weighted by Gasteiger charge is -2.34. The number of nitrogens with zero attached hydrogens (tertiary/aromatic N) is 3. The molecule has 0 bridgehead atoms. The molecule has 2 heterocycles. The highest BCUT2D eigenvalue weighted by Crippen LogP contribution is 2.08. The number of urea groups is 1. The highest BCUT2D eigenvalue weighted by molar-refractivity contribution is 5.88. The minimum Gasteiger partial charge on any atom is -0.360 e. The van der Waals surface area contributed by atoms with E-state index in [9.17, 15) is 4.79 Å². The van der Waals surface area contributed by atoms with Crippen molar-refractivity contribution in [1.82, 2.24) is 20.3 Å². The van der Waals surface area contributed by atoms with E-state index in [1.807, 2.05) is 6.07 Å². The zero-order chi connectivity index (χ0) is 17.5. The first-order valence-electron chi connectivity index (χ1n) is 8.66. The Morgan fingerprint density at radius 2 is 1.88 bits per heavy atom. The monoisotopic (exact) mass is 343 g/mol. The number of carbonyl (C=O) groups is 1. The number of rotatable bonds is 6. The molecule has 1 aromatic heterocycles. The maximum atomic E-state index is 11.8. The first-order valence-corrected chi connectivity index (χ1v) is 8.66. The molecule has 1 saturated heterocycles. The summed E-state index contributed by atoms with van der Waals surface area (Å²) in [6.07, 6.45) is 0. The van der Waals surface area contributed by atoms with E-state index < -0.39 is 0 Å². The summed E-state index contributed by atoms with van der Waals surface area (Å²) in [5.74, 6) is 1.10. The lowest BCUT2D eigenvalue weighted by Crippen LogP contribution is -2.48. The second-order valence-corrected chi connectivity index (χ2v) is 6.31. The fourth-order valence-electron chi connectivity index (χ4n) is 2.93. The average Bonchev–Trinajstić information content (AvgIpc) is 3.02. The lowest BCUT2D eigenvalue weighted by molar-refractivity contribution is 0.128. The van der Waals surface area contributed by atoms with Crippen LogP contribution in [0.4, 0.5) is 10.6 Å². The van der Waals surface area contributed by atoms with Gasteiger partial charge in [0.25, 0.3) is 0 Å². The molecule has 0 spiro atoms. The Bertz CT molecular complexity index is 665. The van der Waals surface area contributed by atoms with Gasteiger partial charge in [0.2, 0.25) is 0 Å². The SMILES string of the molecule is Cc1cc(NC(=O)NCCN2CCN(Cc3ccccc3)CC2)no1. The minimum atomic E-state index is -0.254. The molecule has 1 fully saturated rings.